The van der Waals surface area contributed by atoms with Crippen LogP contribution in [0.15, 0.2) is 102 Å². The average molecular weight is 1080 g/mol. The Morgan fingerprint density at radius 3 is 2.05 bits per heavy atom. The summed E-state index contributed by atoms with van der Waals surface area (Å²) in [7, 11) is 1.24. The highest BCUT2D eigenvalue weighted by atomic mass is 16.6. The van der Waals surface area contributed by atoms with Gasteiger partial charge in [-0.15, -0.1) is 0 Å². The Hall–Kier alpha value is -7.04. The minimum atomic E-state index is -2.52. The van der Waals surface area contributed by atoms with Gasteiger partial charge in [0.2, 0.25) is 6.10 Å². The van der Waals surface area contributed by atoms with Crippen LogP contribution in [-0.2, 0) is 61.9 Å². The first-order valence-corrected chi connectivity index (χ1v) is 26.1. The third-order valence-electron chi connectivity index (χ3n) is 16.1. The first-order valence-electron chi connectivity index (χ1n) is 26.1. The number of nitrogens with one attached hydrogen (secondary N) is 3. The summed E-state index contributed by atoms with van der Waals surface area (Å²) >= 11 is 0. The smallest absolute Gasteiger partial charge is 0.407 e. The van der Waals surface area contributed by atoms with Gasteiger partial charge in [0.15, 0.2) is 17.5 Å². The lowest BCUT2D eigenvalue weighted by molar-refractivity contribution is -0.345. The van der Waals surface area contributed by atoms with Gasteiger partial charge < -0.3 is 59.0 Å². The Kier molecular flexibility index (Phi) is 17.2. The predicted octanol–water partition coefficient (Wildman–Crippen LogP) is 3.57. The topological polar surface area (TPSA) is 270 Å². The summed E-state index contributed by atoms with van der Waals surface area (Å²) in [5.41, 5.74) is -7.75. The largest absolute Gasteiger partial charge is 0.455 e. The highest BCUT2D eigenvalue weighted by Gasteiger charge is 2.79. The number of Topliss-reactive ketones (excluding diaryl/α,β-unsaturated/α-hetero) is 1. The van der Waals surface area contributed by atoms with E-state index in [9.17, 15) is 33.9 Å². The van der Waals surface area contributed by atoms with Crippen molar-refractivity contribution in [2.75, 3.05) is 59.6 Å². The van der Waals surface area contributed by atoms with Gasteiger partial charge in [0, 0.05) is 84.0 Å². The highest BCUT2D eigenvalue weighted by Crippen LogP contribution is 2.65. The van der Waals surface area contributed by atoms with Gasteiger partial charge in [-0.25, -0.2) is 19.2 Å². The van der Waals surface area contributed by atoms with Gasteiger partial charge in [-0.1, -0.05) is 80.6 Å². The van der Waals surface area contributed by atoms with Gasteiger partial charge >= 0.3 is 35.9 Å². The van der Waals surface area contributed by atoms with Crippen molar-refractivity contribution < 1.29 is 81.4 Å². The van der Waals surface area contributed by atoms with Crippen molar-refractivity contribution in [2.45, 2.75) is 108 Å². The Balaban J connectivity index is 1.29. The fourth-order valence-corrected chi connectivity index (χ4v) is 12.2. The average Bonchev–Trinajstić information content (AvgIpc) is 3.50. The fraction of sp³-hybridized carbons (Fsp3) is 0.509. The van der Waals surface area contributed by atoms with Crippen molar-refractivity contribution in [2.24, 2.45) is 16.7 Å². The van der Waals surface area contributed by atoms with Crippen LogP contribution in [0.2, 0.25) is 0 Å². The summed E-state index contributed by atoms with van der Waals surface area (Å²) in [4.78, 5) is 117. The number of rotatable bonds is 17. The molecule has 8 rings (SSSR count). The number of piperazine rings is 1. The molecule has 0 unspecified atom stereocenters. The number of hydrogen-bond acceptors (Lipinski definition) is 19. The number of hydrogen-bond donors (Lipinski definition) is 4. The van der Waals surface area contributed by atoms with Crippen LogP contribution in [0.5, 0.6) is 0 Å². The summed E-state index contributed by atoms with van der Waals surface area (Å²) in [6, 6.07) is 22.7. The molecule has 11 atom stereocenters. The maximum atomic E-state index is 16.4. The van der Waals surface area contributed by atoms with Crippen molar-refractivity contribution in [1.82, 2.24) is 20.9 Å². The van der Waals surface area contributed by atoms with Crippen LogP contribution in [0.1, 0.15) is 86.7 Å². The molecule has 3 aromatic rings. The SMILES string of the molecule is COCC(=O)O[C@@H](C(=O)O[C@H]1C[C@@]2(O)[C@@H](OC(=O)c3ccccc3)[C@@H]3[C@]4(OC(C)=O)CO[C@@H]4C[C@H](OC(=O)NCCN4CCNCC4)[C@@]3(C)C(=O)[C@H](OC(C)=O)C(=C1C)C2(C)C)[C@@H](NC(=O)c1ccccc1)c1ccccc1. The molecule has 78 heavy (non-hydrogen) atoms. The number of methoxy groups -OCH3 is 1. The Morgan fingerprint density at radius 1 is 0.833 bits per heavy atom. The zero-order valence-corrected chi connectivity index (χ0v) is 44.8. The third-order valence-corrected chi connectivity index (χ3v) is 16.1. The van der Waals surface area contributed by atoms with E-state index in [4.69, 9.17) is 37.9 Å². The molecule has 21 nitrogen and oxygen atoms in total. The van der Waals surface area contributed by atoms with Gasteiger partial charge in [-0.2, -0.15) is 0 Å². The molecule has 2 bridgehead atoms. The van der Waals surface area contributed by atoms with Crippen LogP contribution in [0.3, 0.4) is 0 Å². The van der Waals surface area contributed by atoms with Crippen LogP contribution >= 0.6 is 0 Å². The molecule has 5 aliphatic rings. The van der Waals surface area contributed by atoms with Crippen molar-refractivity contribution in [1.29, 1.82) is 0 Å². The van der Waals surface area contributed by atoms with Crippen molar-refractivity contribution in [3.05, 3.63) is 119 Å². The summed E-state index contributed by atoms with van der Waals surface area (Å²) in [5, 5.41) is 23.1. The summed E-state index contributed by atoms with van der Waals surface area (Å²) in [6.07, 6.45) is -11.8. The van der Waals surface area contributed by atoms with Gasteiger partial charge in [0.1, 0.15) is 42.7 Å². The maximum absolute atomic E-state index is 16.4. The van der Waals surface area contributed by atoms with Crippen LogP contribution in [-0.4, -0.2) is 165 Å². The second-order valence-corrected chi connectivity index (χ2v) is 21.1. The molecule has 4 N–H and O–H groups in total. The zero-order chi connectivity index (χ0) is 56.2. The molecule has 0 radical (unpaired) electrons. The first-order chi connectivity index (χ1) is 37.2. The Morgan fingerprint density at radius 2 is 1.46 bits per heavy atom. The lowest BCUT2D eigenvalue weighted by Gasteiger charge is -2.67. The van der Waals surface area contributed by atoms with Crippen LogP contribution in [0.25, 0.3) is 0 Å². The number of carbonyl (C=O) groups excluding carboxylic acids is 8. The van der Waals surface area contributed by atoms with Crippen LogP contribution in [0.4, 0.5) is 4.79 Å². The number of amides is 2. The Bertz CT molecular complexity index is 2770. The van der Waals surface area contributed by atoms with Gasteiger partial charge in [-0.05, 0) is 54.8 Å². The molecule has 0 spiro atoms. The van der Waals surface area contributed by atoms with E-state index in [1.54, 1.807) is 92.7 Å². The number of aliphatic hydroxyl groups is 1. The molecule has 3 aliphatic carbocycles. The molecule has 418 valence electrons. The van der Waals surface area contributed by atoms with E-state index in [-0.39, 0.29) is 41.8 Å². The lowest BCUT2D eigenvalue weighted by Crippen LogP contribution is -2.82. The third kappa shape index (κ3) is 11.2. The zero-order valence-electron chi connectivity index (χ0n) is 44.8. The van der Waals surface area contributed by atoms with E-state index in [0.717, 1.165) is 40.0 Å². The molecule has 2 amide bonds. The molecule has 3 aromatic carbocycles. The number of fused-ring (bicyclic) bond motifs is 5. The highest BCUT2D eigenvalue weighted by molar-refractivity contribution is 5.97. The molecule has 21 heteroatoms. The lowest BCUT2D eigenvalue weighted by atomic mass is 9.44. The van der Waals surface area contributed by atoms with Crippen molar-refractivity contribution in [3.63, 3.8) is 0 Å². The molecular weight excluding hydrogens is 1010 g/mol. The number of alkyl carbamates (subject to hydrolysis) is 1. The predicted molar refractivity (Wildman–Crippen MR) is 275 cm³/mol. The Labute approximate surface area is 451 Å². The van der Waals surface area contributed by atoms with Crippen LogP contribution < -0.4 is 16.0 Å². The molecular formula is C57H68N4O17. The minimum Gasteiger partial charge on any atom is -0.455 e. The monoisotopic (exact) mass is 1080 g/mol. The minimum absolute atomic E-state index is 0.0261. The van der Waals surface area contributed by atoms with Gasteiger partial charge in [0.25, 0.3) is 5.91 Å². The summed E-state index contributed by atoms with van der Waals surface area (Å²) < 4.78 is 48.7. The normalized spacial score (nSPS) is 28.9. The van der Waals surface area contributed by atoms with E-state index in [2.05, 4.69) is 20.9 Å². The van der Waals surface area contributed by atoms with E-state index >= 15 is 9.59 Å². The number of nitrogens with zero attached hydrogens (tertiary/aromatic N) is 1. The van der Waals surface area contributed by atoms with E-state index in [1.165, 1.54) is 33.1 Å². The van der Waals surface area contributed by atoms with E-state index < -0.39 is 131 Å². The molecule has 2 aliphatic heterocycles. The molecule has 0 aromatic heterocycles. The molecule has 4 fully saturated rings. The quantitative estimate of drug-likeness (QED) is 0.0855. The number of ketones is 1. The maximum Gasteiger partial charge on any atom is 0.407 e. The fourth-order valence-electron chi connectivity index (χ4n) is 12.2. The first kappa shape index (κ1) is 57.1. The van der Waals surface area contributed by atoms with E-state index in [0.29, 0.717) is 12.1 Å². The second kappa shape index (κ2) is 23.5. The number of esters is 5. The van der Waals surface area contributed by atoms with Crippen molar-refractivity contribution >= 4 is 47.6 Å². The summed E-state index contributed by atoms with van der Waals surface area (Å²) in [6.45, 7) is 11.0. The standard InChI is InChI=1S/C57H68N4O17/c1-33-39(74-52(68)46(76-42(64)31-71-7)44(36-17-11-8-12-18-36)60-50(66)37-19-13-9-14-20-37)30-57(70)49(77-51(67)38-21-15-10-16-22-38)47-55(6,48(65)45(73-34(2)62)43(33)54(57,4)5)40(29-41-56(47,32-72-41)78-35(3)63)75-53(69)59-25-28-61-26-23-58-24-27-61/h8-22,39-41,44-47,49,58,70H,23-32H2,1-7H3,(H,59,69)(H,60,66)/t39-,40-,41+,44-,45+,46+,47-,49-,55+,56-,57+/m0/s1. The molecule has 2 saturated carbocycles. The molecule has 2 heterocycles. The van der Waals surface area contributed by atoms with Crippen LogP contribution in [0, 0.1) is 16.7 Å². The van der Waals surface area contributed by atoms with Gasteiger partial charge in [-0.3, -0.25) is 24.1 Å². The number of ether oxygens (including phenoxy) is 8. The van der Waals surface area contributed by atoms with Crippen molar-refractivity contribution in [3.8, 4) is 0 Å². The second-order valence-electron chi connectivity index (χ2n) is 21.1. The number of benzene rings is 3. The van der Waals surface area contributed by atoms with E-state index in [1.807, 2.05) is 0 Å². The summed E-state index contributed by atoms with van der Waals surface area (Å²) in [5.74, 6) is -8.20. The molecule has 2 saturated heterocycles. The number of carbonyl (C=O) groups is 8. The van der Waals surface area contributed by atoms with Gasteiger partial charge in [0.05, 0.1) is 23.5 Å².